The summed E-state index contributed by atoms with van der Waals surface area (Å²) in [4.78, 5) is 13.2. The van der Waals surface area contributed by atoms with Crippen molar-refractivity contribution in [3.05, 3.63) is 22.7 Å². The zero-order valence-electron chi connectivity index (χ0n) is 11.1. The van der Waals surface area contributed by atoms with E-state index in [-0.39, 0.29) is 0 Å². The smallest absolute Gasteiger partial charge is 0.180 e. The first kappa shape index (κ1) is 14.0. The van der Waals surface area contributed by atoms with Gasteiger partial charge in [0.25, 0.3) is 0 Å². The molecule has 2 heterocycles. The molecule has 7 heteroatoms. The number of nitrogens with one attached hydrogen (secondary N) is 1. The van der Waals surface area contributed by atoms with Crippen LogP contribution in [0.3, 0.4) is 0 Å². The van der Waals surface area contributed by atoms with Gasteiger partial charge >= 0.3 is 0 Å². The van der Waals surface area contributed by atoms with E-state index in [1.807, 2.05) is 11.6 Å². The van der Waals surface area contributed by atoms with Crippen molar-refractivity contribution >= 4 is 21.7 Å². The second kappa shape index (κ2) is 6.12. The maximum Gasteiger partial charge on any atom is 0.180 e. The molecule has 0 aliphatic rings. The Balaban J connectivity index is 2.54. The third-order valence-electron chi connectivity index (χ3n) is 2.72. The molecule has 2 aromatic heterocycles. The van der Waals surface area contributed by atoms with Crippen molar-refractivity contribution in [2.75, 3.05) is 19.5 Å². The van der Waals surface area contributed by atoms with Crippen LogP contribution in [-0.2, 0) is 17.9 Å². The highest BCUT2D eigenvalue weighted by Gasteiger charge is 2.14. The molecular weight excluding hydrogens is 310 g/mol. The van der Waals surface area contributed by atoms with E-state index in [1.165, 1.54) is 0 Å². The van der Waals surface area contributed by atoms with Crippen LogP contribution in [0.25, 0.3) is 11.5 Å². The molecule has 0 radical (unpaired) electrons. The van der Waals surface area contributed by atoms with E-state index >= 15 is 0 Å². The fourth-order valence-corrected chi connectivity index (χ4v) is 2.26. The van der Waals surface area contributed by atoms with Gasteiger partial charge in [-0.3, -0.25) is 0 Å². The Morgan fingerprint density at radius 1 is 1.42 bits per heavy atom. The molecule has 1 N–H and O–H groups in total. The van der Waals surface area contributed by atoms with Crippen molar-refractivity contribution in [3.63, 3.8) is 0 Å². The van der Waals surface area contributed by atoms with E-state index in [2.05, 4.69) is 43.1 Å². The van der Waals surface area contributed by atoms with Crippen LogP contribution in [0.5, 0.6) is 0 Å². The zero-order chi connectivity index (χ0) is 13.8. The Kier molecular flexibility index (Phi) is 4.49. The lowest BCUT2D eigenvalue weighted by molar-refractivity contribution is 0.181. The van der Waals surface area contributed by atoms with Gasteiger partial charge in [0.15, 0.2) is 5.82 Å². The summed E-state index contributed by atoms with van der Waals surface area (Å²) in [5.74, 6) is 1.37. The van der Waals surface area contributed by atoms with Gasteiger partial charge in [-0.15, -0.1) is 0 Å². The molecule has 19 heavy (non-hydrogen) atoms. The van der Waals surface area contributed by atoms with E-state index in [1.54, 1.807) is 19.6 Å². The summed E-state index contributed by atoms with van der Waals surface area (Å²) in [6.45, 7) is 3.30. The molecule has 0 fully saturated rings. The maximum atomic E-state index is 5.17. The Morgan fingerprint density at radius 3 is 2.84 bits per heavy atom. The lowest BCUT2D eigenvalue weighted by Gasteiger charge is -2.11. The molecule has 0 amide bonds. The minimum atomic E-state index is 0.422. The van der Waals surface area contributed by atoms with Crippen molar-refractivity contribution in [2.24, 2.45) is 0 Å². The molecule has 0 spiro atoms. The summed E-state index contributed by atoms with van der Waals surface area (Å²) in [5, 5.41) is 3.05. The van der Waals surface area contributed by atoms with Crippen LogP contribution in [0.2, 0.25) is 0 Å². The summed E-state index contributed by atoms with van der Waals surface area (Å²) in [6.07, 6.45) is 3.54. The first-order valence-corrected chi connectivity index (χ1v) is 6.74. The highest BCUT2D eigenvalue weighted by atomic mass is 79.9. The van der Waals surface area contributed by atoms with Gasteiger partial charge in [-0.2, -0.15) is 0 Å². The van der Waals surface area contributed by atoms with Crippen molar-refractivity contribution < 1.29 is 4.74 Å². The third-order valence-corrected chi connectivity index (χ3v) is 3.55. The average molecular weight is 326 g/mol. The average Bonchev–Trinajstić information content (AvgIpc) is 2.89. The van der Waals surface area contributed by atoms with Crippen molar-refractivity contribution in [1.29, 1.82) is 0 Å². The molecule has 0 saturated carbocycles. The number of halogens is 1. The van der Waals surface area contributed by atoms with Crippen LogP contribution < -0.4 is 5.32 Å². The van der Waals surface area contributed by atoms with E-state index < -0.39 is 0 Å². The molecule has 0 aromatic carbocycles. The molecule has 0 atom stereocenters. The van der Waals surface area contributed by atoms with Gasteiger partial charge < -0.3 is 14.6 Å². The summed E-state index contributed by atoms with van der Waals surface area (Å²) < 4.78 is 7.99. The van der Waals surface area contributed by atoms with E-state index in [4.69, 9.17) is 4.74 Å². The van der Waals surface area contributed by atoms with Gasteiger partial charge in [-0.1, -0.05) is 0 Å². The predicted molar refractivity (Wildman–Crippen MR) is 76.9 cm³/mol. The summed E-state index contributed by atoms with van der Waals surface area (Å²) in [6, 6.07) is 0. The number of hydrogen-bond acceptors (Lipinski definition) is 5. The molecule has 0 bridgehead atoms. The molecule has 102 valence electrons. The molecule has 0 aliphatic carbocycles. The molecule has 2 aromatic rings. The predicted octanol–water partition coefficient (Wildman–Crippen LogP) is 2.31. The normalized spacial score (nSPS) is 10.7. The minimum Gasteiger partial charge on any atom is -0.378 e. The van der Waals surface area contributed by atoms with Gasteiger partial charge in [0, 0.05) is 20.7 Å². The lowest BCUT2D eigenvalue weighted by Crippen LogP contribution is -2.06. The number of aryl methyl sites for hydroxylation is 1. The summed E-state index contributed by atoms with van der Waals surface area (Å²) in [5.41, 5.74) is 1.70. The second-order valence-corrected chi connectivity index (χ2v) is 4.70. The third kappa shape index (κ3) is 2.76. The first-order chi connectivity index (χ1) is 9.21. The molecule has 0 unspecified atom stereocenters. The number of imidazole rings is 1. The number of rotatable bonds is 5. The van der Waals surface area contributed by atoms with Crippen LogP contribution in [-0.4, -0.2) is 33.7 Å². The number of anilines is 1. The summed E-state index contributed by atoms with van der Waals surface area (Å²) in [7, 11) is 3.47. The van der Waals surface area contributed by atoms with Crippen LogP contribution in [0.1, 0.15) is 12.6 Å². The second-order valence-electron chi connectivity index (χ2n) is 3.90. The van der Waals surface area contributed by atoms with Gasteiger partial charge in [0.1, 0.15) is 11.5 Å². The Morgan fingerprint density at radius 2 is 2.21 bits per heavy atom. The molecular formula is C12H16BrN5O. The Labute approximate surface area is 120 Å². The van der Waals surface area contributed by atoms with Crippen LogP contribution >= 0.6 is 15.9 Å². The van der Waals surface area contributed by atoms with Crippen LogP contribution in [0.4, 0.5) is 5.82 Å². The van der Waals surface area contributed by atoms with E-state index in [9.17, 15) is 0 Å². The quantitative estimate of drug-likeness (QED) is 0.913. The van der Waals surface area contributed by atoms with E-state index in [0.717, 1.165) is 28.2 Å². The van der Waals surface area contributed by atoms with Crippen LogP contribution in [0, 0.1) is 0 Å². The number of aromatic nitrogens is 4. The van der Waals surface area contributed by atoms with Gasteiger partial charge in [-0.25, -0.2) is 15.0 Å². The number of methoxy groups -OCH3 is 1. The number of nitrogens with zero attached hydrogens (tertiary/aromatic N) is 4. The molecule has 6 nitrogen and oxygen atoms in total. The monoisotopic (exact) mass is 325 g/mol. The van der Waals surface area contributed by atoms with Gasteiger partial charge in [-0.05, 0) is 22.9 Å². The van der Waals surface area contributed by atoms with Crippen molar-refractivity contribution in [3.8, 4) is 11.5 Å². The van der Waals surface area contributed by atoms with Gasteiger partial charge in [0.2, 0.25) is 0 Å². The van der Waals surface area contributed by atoms with Crippen LogP contribution in [0.15, 0.2) is 17.0 Å². The standard InChI is InChI=1S/C12H16BrN5O/c1-4-18-7-15-5-9(18)11-16-8(6-19-3)10(13)12(14-2)17-11/h5,7H,4,6H2,1-3H3,(H,14,16,17). The largest absolute Gasteiger partial charge is 0.378 e. The Hall–Kier alpha value is -1.47. The molecule has 0 aliphatic heterocycles. The van der Waals surface area contributed by atoms with Crippen molar-refractivity contribution in [2.45, 2.75) is 20.1 Å². The topological polar surface area (TPSA) is 64.9 Å². The number of hydrogen-bond donors (Lipinski definition) is 1. The SMILES string of the molecule is CCn1cncc1-c1nc(COC)c(Br)c(NC)n1. The fourth-order valence-electron chi connectivity index (χ4n) is 1.77. The Bertz CT molecular complexity index is 569. The number of ether oxygens (including phenoxy) is 1. The maximum absolute atomic E-state index is 5.17. The zero-order valence-corrected chi connectivity index (χ0v) is 12.7. The summed E-state index contributed by atoms with van der Waals surface area (Å²) >= 11 is 3.49. The van der Waals surface area contributed by atoms with E-state index in [0.29, 0.717) is 12.4 Å². The highest BCUT2D eigenvalue weighted by molar-refractivity contribution is 9.10. The minimum absolute atomic E-state index is 0.422. The van der Waals surface area contributed by atoms with Gasteiger partial charge in [0.05, 0.1) is 29.3 Å². The fraction of sp³-hybridized carbons (Fsp3) is 0.417. The molecule has 2 rings (SSSR count). The lowest BCUT2D eigenvalue weighted by atomic mass is 10.3. The van der Waals surface area contributed by atoms with Crippen molar-refractivity contribution in [1.82, 2.24) is 19.5 Å². The first-order valence-electron chi connectivity index (χ1n) is 5.94. The molecule has 0 saturated heterocycles. The highest BCUT2D eigenvalue weighted by Crippen LogP contribution is 2.27.